The zero-order chi connectivity index (χ0) is 18.4. The standard InChI is InChI=1S/C20H18ClN3O2/c1-2-11-25-16-9-7-14(8-10-16)19-24-18(12-22)20(26-19)23-13-15-5-3-4-6-17(15)21/h3-10,23H,2,11,13H2,1H3. The van der Waals surface area contributed by atoms with Gasteiger partial charge in [0.1, 0.15) is 11.8 Å². The van der Waals surface area contributed by atoms with E-state index in [2.05, 4.69) is 23.3 Å². The average molecular weight is 368 g/mol. The summed E-state index contributed by atoms with van der Waals surface area (Å²) in [4.78, 5) is 4.26. The summed E-state index contributed by atoms with van der Waals surface area (Å²) in [7, 11) is 0. The van der Waals surface area contributed by atoms with Gasteiger partial charge in [-0.2, -0.15) is 10.2 Å². The van der Waals surface area contributed by atoms with Gasteiger partial charge in [0.2, 0.25) is 17.5 Å². The summed E-state index contributed by atoms with van der Waals surface area (Å²) in [6.07, 6.45) is 0.952. The normalized spacial score (nSPS) is 10.3. The molecule has 0 unspecified atom stereocenters. The number of rotatable bonds is 7. The highest BCUT2D eigenvalue weighted by Crippen LogP contribution is 2.27. The number of benzene rings is 2. The van der Waals surface area contributed by atoms with Crippen molar-refractivity contribution < 1.29 is 9.15 Å². The van der Waals surface area contributed by atoms with Crippen LogP contribution in [0.2, 0.25) is 5.02 Å². The van der Waals surface area contributed by atoms with E-state index in [1.165, 1.54) is 0 Å². The predicted octanol–water partition coefficient (Wildman–Crippen LogP) is 5.27. The quantitative estimate of drug-likeness (QED) is 0.616. The first kappa shape index (κ1) is 17.8. The molecule has 1 heterocycles. The largest absolute Gasteiger partial charge is 0.494 e. The summed E-state index contributed by atoms with van der Waals surface area (Å²) in [6, 6.07) is 17.0. The maximum absolute atomic E-state index is 9.31. The van der Waals surface area contributed by atoms with Gasteiger partial charge in [-0.15, -0.1) is 0 Å². The molecule has 0 aliphatic rings. The van der Waals surface area contributed by atoms with Crippen molar-refractivity contribution in [3.63, 3.8) is 0 Å². The molecule has 3 aromatic rings. The van der Waals surface area contributed by atoms with Crippen LogP contribution in [0.1, 0.15) is 24.6 Å². The van der Waals surface area contributed by atoms with Crippen molar-refractivity contribution in [2.45, 2.75) is 19.9 Å². The molecule has 3 rings (SSSR count). The Bertz CT molecular complexity index is 914. The number of anilines is 1. The molecule has 6 heteroatoms. The van der Waals surface area contributed by atoms with Crippen LogP contribution in [-0.2, 0) is 6.54 Å². The van der Waals surface area contributed by atoms with Gasteiger partial charge in [-0.3, -0.25) is 0 Å². The highest BCUT2D eigenvalue weighted by molar-refractivity contribution is 6.31. The first-order valence-electron chi connectivity index (χ1n) is 8.32. The summed E-state index contributed by atoms with van der Waals surface area (Å²) < 4.78 is 11.3. The van der Waals surface area contributed by atoms with Gasteiger partial charge in [0.05, 0.1) is 6.61 Å². The van der Waals surface area contributed by atoms with Crippen LogP contribution in [-0.4, -0.2) is 11.6 Å². The van der Waals surface area contributed by atoms with Crippen LogP contribution < -0.4 is 10.1 Å². The summed E-state index contributed by atoms with van der Waals surface area (Å²) in [5.41, 5.74) is 1.89. The molecule has 0 bridgehead atoms. The lowest BCUT2D eigenvalue weighted by Gasteiger charge is -2.05. The van der Waals surface area contributed by atoms with Crippen molar-refractivity contribution in [1.82, 2.24) is 4.98 Å². The Labute approximate surface area is 157 Å². The third kappa shape index (κ3) is 4.16. The average Bonchev–Trinajstić information content (AvgIpc) is 3.09. The molecule has 132 valence electrons. The monoisotopic (exact) mass is 367 g/mol. The van der Waals surface area contributed by atoms with E-state index in [1.807, 2.05) is 48.5 Å². The Balaban J connectivity index is 1.76. The fourth-order valence-electron chi connectivity index (χ4n) is 2.37. The molecule has 0 spiro atoms. The molecule has 0 aliphatic heterocycles. The first-order valence-corrected chi connectivity index (χ1v) is 8.70. The molecule has 0 saturated heterocycles. The van der Waals surface area contributed by atoms with Crippen molar-refractivity contribution in [3.05, 3.63) is 64.8 Å². The minimum Gasteiger partial charge on any atom is -0.494 e. The molecule has 0 saturated carbocycles. The second-order valence-electron chi connectivity index (χ2n) is 5.63. The molecule has 0 amide bonds. The minimum atomic E-state index is 0.207. The molecule has 2 aromatic carbocycles. The topological polar surface area (TPSA) is 71.1 Å². The zero-order valence-corrected chi connectivity index (χ0v) is 15.1. The molecule has 0 radical (unpaired) electrons. The van der Waals surface area contributed by atoms with Crippen LogP contribution in [0.5, 0.6) is 5.75 Å². The Kier molecular flexibility index (Phi) is 5.77. The number of hydrogen-bond donors (Lipinski definition) is 1. The van der Waals surface area contributed by atoms with E-state index in [0.29, 0.717) is 29.9 Å². The number of nitrogens with one attached hydrogen (secondary N) is 1. The SMILES string of the molecule is CCCOc1ccc(-c2nc(C#N)c(NCc3ccccc3Cl)o2)cc1. The lowest BCUT2D eigenvalue weighted by molar-refractivity contribution is 0.317. The number of nitrogens with zero attached hydrogens (tertiary/aromatic N) is 2. The lowest BCUT2D eigenvalue weighted by atomic mass is 10.2. The Morgan fingerprint density at radius 1 is 1.19 bits per heavy atom. The number of aromatic nitrogens is 1. The van der Waals surface area contributed by atoms with Gasteiger partial charge in [0.15, 0.2) is 0 Å². The van der Waals surface area contributed by atoms with Crippen molar-refractivity contribution in [2.24, 2.45) is 0 Å². The van der Waals surface area contributed by atoms with Gasteiger partial charge in [0, 0.05) is 17.1 Å². The summed E-state index contributed by atoms with van der Waals surface area (Å²) in [5.74, 6) is 1.50. The summed E-state index contributed by atoms with van der Waals surface area (Å²) in [5, 5.41) is 13.1. The molecule has 1 aromatic heterocycles. The lowest BCUT2D eigenvalue weighted by Crippen LogP contribution is -2.00. The van der Waals surface area contributed by atoms with E-state index < -0.39 is 0 Å². The zero-order valence-electron chi connectivity index (χ0n) is 14.3. The summed E-state index contributed by atoms with van der Waals surface area (Å²) >= 11 is 6.15. The van der Waals surface area contributed by atoms with Crippen LogP contribution >= 0.6 is 11.6 Å². The third-order valence-corrected chi connectivity index (χ3v) is 4.07. The van der Waals surface area contributed by atoms with E-state index in [9.17, 15) is 5.26 Å². The van der Waals surface area contributed by atoms with E-state index in [-0.39, 0.29) is 5.69 Å². The fraction of sp³-hybridized carbons (Fsp3) is 0.200. The maximum atomic E-state index is 9.31. The van der Waals surface area contributed by atoms with Gasteiger partial charge >= 0.3 is 0 Å². The van der Waals surface area contributed by atoms with Crippen molar-refractivity contribution >= 4 is 17.5 Å². The van der Waals surface area contributed by atoms with Gasteiger partial charge in [-0.1, -0.05) is 36.7 Å². The second kappa shape index (κ2) is 8.41. The molecule has 1 N–H and O–H groups in total. The number of hydrogen-bond acceptors (Lipinski definition) is 5. The number of ether oxygens (including phenoxy) is 1. The first-order chi connectivity index (χ1) is 12.7. The molecule has 0 fully saturated rings. The van der Waals surface area contributed by atoms with Gasteiger partial charge < -0.3 is 14.5 Å². The Morgan fingerprint density at radius 2 is 1.96 bits per heavy atom. The fourth-order valence-corrected chi connectivity index (χ4v) is 2.57. The van der Waals surface area contributed by atoms with Crippen LogP contribution in [0, 0.1) is 11.3 Å². The van der Waals surface area contributed by atoms with Crippen molar-refractivity contribution in [1.29, 1.82) is 5.26 Å². The van der Waals surface area contributed by atoms with E-state index in [0.717, 1.165) is 23.3 Å². The van der Waals surface area contributed by atoms with E-state index in [1.54, 1.807) is 0 Å². The Hall–Kier alpha value is -2.97. The third-order valence-electron chi connectivity index (χ3n) is 3.70. The van der Waals surface area contributed by atoms with E-state index in [4.69, 9.17) is 20.8 Å². The highest BCUT2D eigenvalue weighted by Gasteiger charge is 2.15. The highest BCUT2D eigenvalue weighted by atomic mass is 35.5. The summed E-state index contributed by atoms with van der Waals surface area (Å²) in [6.45, 7) is 3.17. The van der Waals surface area contributed by atoms with E-state index >= 15 is 0 Å². The number of nitriles is 1. The van der Waals surface area contributed by atoms with Crippen molar-refractivity contribution in [2.75, 3.05) is 11.9 Å². The van der Waals surface area contributed by atoms with Gasteiger partial charge in [-0.05, 0) is 42.3 Å². The minimum absolute atomic E-state index is 0.207. The molecule has 0 aliphatic carbocycles. The van der Waals surface area contributed by atoms with Crippen LogP contribution in [0.4, 0.5) is 5.88 Å². The molecule has 26 heavy (non-hydrogen) atoms. The predicted molar refractivity (Wildman–Crippen MR) is 101 cm³/mol. The number of halogens is 1. The second-order valence-corrected chi connectivity index (χ2v) is 6.03. The number of oxazole rings is 1. The smallest absolute Gasteiger partial charge is 0.232 e. The van der Waals surface area contributed by atoms with Crippen LogP contribution in [0.25, 0.3) is 11.5 Å². The molecular weight excluding hydrogens is 350 g/mol. The van der Waals surface area contributed by atoms with Crippen molar-refractivity contribution in [3.8, 4) is 23.3 Å². The van der Waals surface area contributed by atoms with Gasteiger partial charge in [0.25, 0.3) is 0 Å². The molecule has 5 nitrogen and oxygen atoms in total. The molecular formula is C20H18ClN3O2. The van der Waals surface area contributed by atoms with Gasteiger partial charge in [-0.25, -0.2) is 0 Å². The van der Waals surface area contributed by atoms with Crippen LogP contribution in [0.15, 0.2) is 52.9 Å². The molecule has 0 atom stereocenters. The van der Waals surface area contributed by atoms with Crippen LogP contribution in [0.3, 0.4) is 0 Å². The Morgan fingerprint density at radius 3 is 2.65 bits per heavy atom. The maximum Gasteiger partial charge on any atom is 0.232 e.